The van der Waals surface area contributed by atoms with Crippen LogP contribution >= 0.6 is 64.8 Å². The van der Waals surface area contributed by atoms with Gasteiger partial charge in [0, 0.05) is 51.8 Å². The predicted molar refractivity (Wildman–Crippen MR) is 307 cm³/mol. The van der Waals surface area contributed by atoms with Crippen LogP contribution in [0.25, 0.3) is 0 Å². The van der Waals surface area contributed by atoms with Crippen LogP contribution in [-0.4, -0.2) is 160 Å². The van der Waals surface area contributed by atoms with Crippen molar-refractivity contribution in [3.63, 3.8) is 0 Å². The largest absolute Gasteiger partial charge is 0.481 e. The van der Waals surface area contributed by atoms with Gasteiger partial charge in [0.15, 0.2) is 5.78 Å². The molecule has 0 saturated heterocycles. The number of rotatable bonds is 49. The molecule has 5 N–H and O–H groups in total. The monoisotopic (exact) mass is 1140 g/mol. The Morgan fingerprint density at radius 2 is 0.833 bits per heavy atom. The molecule has 0 unspecified atom stereocenters. The van der Waals surface area contributed by atoms with Gasteiger partial charge in [-0.05, 0) is 76.1 Å². The van der Waals surface area contributed by atoms with Crippen molar-refractivity contribution in [2.45, 2.75) is 161 Å². The highest BCUT2D eigenvalue weighted by atomic mass is 33.1. The van der Waals surface area contributed by atoms with Crippen LogP contribution in [0.15, 0.2) is 0 Å². The van der Waals surface area contributed by atoms with Gasteiger partial charge in [0.05, 0.1) is 44.9 Å². The Labute approximate surface area is 458 Å². The van der Waals surface area contributed by atoms with Crippen molar-refractivity contribution in [3.8, 4) is 0 Å². The van der Waals surface area contributed by atoms with Gasteiger partial charge in [-0.1, -0.05) is 155 Å². The molecular weight excluding hydrogens is 1040 g/mol. The fourth-order valence-corrected chi connectivity index (χ4v) is 6.28. The van der Waals surface area contributed by atoms with Crippen LogP contribution in [-0.2, 0) is 52.5 Å². The molecule has 0 aromatic rings. The first-order valence-corrected chi connectivity index (χ1v) is 34.3. The number of carboxylic acids is 3. The Kier molecular flexibility index (Phi) is 68.5. The van der Waals surface area contributed by atoms with E-state index in [0.29, 0.717) is 51.9 Å². The second-order valence-electron chi connectivity index (χ2n) is 16.6. The van der Waals surface area contributed by atoms with Crippen LogP contribution in [0.5, 0.6) is 0 Å². The summed E-state index contributed by atoms with van der Waals surface area (Å²) in [5.41, 5.74) is 0. The van der Waals surface area contributed by atoms with Gasteiger partial charge in [0.2, 0.25) is 11.8 Å². The van der Waals surface area contributed by atoms with Crippen molar-refractivity contribution in [1.29, 1.82) is 0 Å². The number of ketones is 2. The Morgan fingerprint density at radius 1 is 0.403 bits per heavy atom. The second kappa shape index (κ2) is 63.9. The van der Waals surface area contributed by atoms with E-state index in [1.807, 2.05) is 0 Å². The highest BCUT2D eigenvalue weighted by Crippen LogP contribution is 2.17. The van der Waals surface area contributed by atoms with Crippen molar-refractivity contribution in [1.82, 2.24) is 10.6 Å². The molecule has 2 amide bonds. The average Bonchev–Trinajstić information content (AvgIpc) is 3.36. The average molecular weight is 1140 g/mol. The zero-order valence-corrected chi connectivity index (χ0v) is 49.9. The number of ether oxygens (including phenoxy) is 4. The summed E-state index contributed by atoms with van der Waals surface area (Å²) in [5, 5.41) is 32.5. The molecular formula is C50H96N2O14S6. The number of Topliss-reactive ketones (excluding diaryl/α,β-unsaturated/α-hetero) is 2. The lowest BCUT2D eigenvalue weighted by Crippen LogP contribution is -2.29. The summed E-state index contributed by atoms with van der Waals surface area (Å²) in [6, 6.07) is 0. The van der Waals surface area contributed by atoms with Crippen molar-refractivity contribution in [2.24, 2.45) is 11.8 Å². The predicted octanol–water partition coefficient (Wildman–Crippen LogP) is 11.2. The fraction of sp³-hybridized carbons (Fsp3) is 0.860. The van der Waals surface area contributed by atoms with Gasteiger partial charge in [-0.2, -0.15) is 0 Å². The normalized spacial score (nSPS) is 11.4. The van der Waals surface area contributed by atoms with Crippen LogP contribution in [0.1, 0.15) is 161 Å². The summed E-state index contributed by atoms with van der Waals surface area (Å²) in [7, 11) is 10.6. The number of carbonyl (C=O) groups is 7. The lowest BCUT2D eigenvalue weighted by Gasteiger charge is -2.12. The number of carbonyl (C=O) groups excluding carboxylic acids is 4. The molecule has 0 radical (unpaired) electrons. The first kappa shape index (κ1) is 77.1. The summed E-state index contributed by atoms with van der Waals surface area (Å²) in [6.07, 6.45) is 31.1. The van der Waals surface area contributed by atoms with Gasteiger partial charge in [-0.25, -0.2) is 0 Å². The second-order valence-corrected chi connectivity index (χ2v) is 24.6. The SMILES string of the molecule is CSSC.CSSC.CSSC.C[C@@H](CCCCNC(=O)COCCOCCCC(=O)COCCOCCNC(=O)CC[C@H](CC(=O)CCCCCCCCCCCCCCCCC(=O)O)C(=O)O)C(=O)O. The molecule has 0 rings (SSSR count). The van der Waals surface area contributed by atoms with Crippen LogP contribution in [0.2, 0.25) is 0 Å². The Morgan fingerprint density at radius 3 is 1.31 bits per heavy atom. The number of carboxylic acid groups (broad SMARTS) is 3. The molecule has 426 valence electrons. The molecule has 0 fully saturated rings. The van der Waals surface area contributed by atoms with E-state index < -0.39 is 29.7 Å². The summed E-state index contributed by atoms with van der Waals surface area (Å²) >= 11 is 0. The quantitative estimate of drug-likeness (QED) is 0.0281. The summed E-state index contributed by atoms with van der Waals surface area (Å²) in [5.74, 6) is -4.58. The van der Waals surface area contributed by atoms with Gasteiger partial charge in [0.1, 0.15) is 19.0 Å². The van der Waals surface area contributed by atoms with E-state index in [4.69, 9.17) is 29.2 Å². The Balaban J connectivity index is -0.00000172. The van der Waals surface area contributed by atoms with Crippen LogP contribution in [0.3, 0.4) is 0 Å². The minimum atomic E-state index is -1.07. The molecule has 0 aliphatic rings. The third-order valence-electron chi connectivity index (χ3n) is 10.5. The molecule has 0 aliphatic heterocycles. The number of unbranched alkanes of at least 4 members (excludes halogenated alkanes) is 14. The Bertz CT molecular complexity index is 1280. The maximum Gasteiger partial charge on any atom is 0.306 e. The van der Waals surface area contributed by atoms with E-state index >= 15 is 0 Å². The van der Waals surface area contributed by atoms with E-state index in [1.54, 1.807) is 71.7 Å². The molecule has 0 heterocycles. The smallest absolute Gasteiger partial charge is 0.306 e. The summed E-state index contributed by atoms with van der Waals surface area (Å²) in [6.45, 7) is 3.81. The van der Waals surface area contributed by atoms with Crippen molar-refractivity contribution < 1.29 is 67.8 Å². The molecule has 0 aromatic carbocycles. The van der Waals surface area contributed by atoms with Crippen molar-refractivity contribution in [3.05, 3.63) is 0 Å². The van der Waals surface area contributed by atoms with Crippen LogP contribution < -0.4 is 10.6 Å². The molecule has 0 bridgehead atoms. The number of amides is 2. The summed E-state index contributed by atoms with van der Waals surface area (Å²) in [4.78, 5) is 81.4. The summed E-state index contributed by atoms with van der Waals surface area (Å²) < 4.78 is 21.4. The van der Waals surface area contributed by atoms with Crippen LogP contribution in [0, 0.1) is 11.8 Å². The Hall–Kier alpha value is -1.37. The topological polar surface area (TPSA) is 241 Å². The molecule has 0 saturated carbocycles. The fourth-order valence-electron chi connectivity index (χ4n) is 6.28. The number of aliphatic carboxylic acids is 3. The number of nitrogens with one attached hydrogen (secondary N) is 2. The maximum atomic E-state index is 12.4. The molecule has 72 heavy (non-hydrogen) atoms. The molecule has 0 aromatic heterocycles. The van der Waals surface area contributed by atoms with E-state index in [9.17, 15) is 38.7 Å². The lowest BCUT2D eigenvalue weighted by molar-refractivity contribution is -0.144. The van der Waals surface area contributed by atoms with Crippen LogP contribution in [0.4, 0.5) is 0 Å². The zero-order chi connectivity index (χ0) is 54.7. The van der Waals surface area contributed by atoms with Gasteiger partial charge < -0.3 is 44.9 Å². The first-order chi connectivity index (χ1) is 34.7. The van der Waals surface area contributed by atoms with E-state index in [1.165, 1.54) is 44.9 Å². The standard InChI is InChI=1S/C44H78N2O14.3C2H6S2/c1-36(43(53)54)19-16-17-25-45-41(50)35-60-32-29-57-27-18-21-39(48)34-59-31-30-58-28-26-46-40(49)24-23-37(44(55)56)33-38(47)20-14-12-10-8-6-4-2-3-5-7-9-11-13-15-22-42(51)52;3*1-3-4-2/h36-37H,2-35H2,1H3,(H,45,50)(H,46,49)(H,51,52)(H,53,54)(H,55,56);3*1-2H3/t36-,37+;;;/m0.../s1. The van der Waals surface area contributed by atoms with Gasteiger partial charge >= 0.3 is 17.9 Å². The first-order valence-electron chi connectivity index (χ1n) is 25.4. The van der Waals surface area contributed by atoms with Crippen molar-refractivity contribution in [2.75, 3.05) is 103 Å². The molecule has 22 heteroatoms. The third-order valence-corrected chi connectivity index (χ3v) is 14.5. The number of hydrogen-bond acceptors (Lipinski definition) is 17. The van der Waals surface area contributed by atoms with Gasteiger partial charge in [-0.15, -0.1) is 0 Å². The highest BCUT2D eigenvalue weighted by molar-refractivity contribution is 8.76. The van der Waals surface area contributed by atoms with E-state index in [-0.39, 0.29) is 95.3 Å². The van der Waals surface area contributed by atoms with Gasteiger partial charge in [-0.3, -0.25) is 33.6 Å². The lowest BCUT2D eigenvalue weighted by atomic mass is 9.94. The minimum absolute atomic E-state index is 0.00206. The van der Waals surface area contributed by atoms with Gasteiger partial charge in [0.25, 0.3) is 0 Å². The zero-order valence-electron chi connectivity index (χ0n) is 45.0. The molecule has 16 nitrogen and oxygen atoms in total. The minimum Gasteiger partial charge on any atom is -0.481 e. The molecule has 2 atom stereocenters. The highest BCUT2D eigenvalue weighted by Gasteiger charge is 2.22. The third kappa shape index (κ3) is 68.6. The van der Waals surface area contributed by atoms with Crippen molar-refractivity contribution >= 4 is 106 Å². The molecule has 0 spiro atoms. The van der Waals surface area contributed by atoms with E-state index in [2.05, 4.69) is 48.2 Å². The number of hydrogen-bond donors (Lipinski definition) is 5. The molecule has 0 aliphatic carbocycles. The van der Waals surface area contributed by atoms with E-state index in [0.717, 1.165) is 51.4 Å². The maximum absolute atomic E-state index is 12.4.